The Morgan fingerprint density at radius 1 is 1.35 bits per heavy atom. The Hall–Kier alpha value is -0.820. The molecule has 0 aliphatic heterocycles. The molecule has 110 valence electrons. The number of primary sulfonamides is 1. The second-order valence-electron chi connectivity index (χ2n) is 4.78. The van der Waals surface area contributed by atoms with Crippen LogP contribution >= 0.6 is 23.2 Å². The van der Waals surface area contributed by atoms with Gasteiger partial charge < -0.3 is 4.90 Å². The SMILES string of the molecule is CN(C(=O)c1c(Cl)ccc(S(N)(=O)=O)c1Cl)C1CCC1. The second-order valence-corrected chi connectivity index (χ2v) is 7.10. The van der Waals surface area contributed by atoms with E-state index in [1.165, 1.54) is 12.1 Å². The number of rotatable bonds is 3. The van der Waals surface area contributed by atoms with E-state index in [4.69, 9.17) is 28.3 Å². The Labute approximate surface area is 127 Å². The molecule has 2 rings (SSSR count). The fraction of sp³-hybridized carbons (Fsp3) is 0.417. The predicted molar refractivity (Wildman–Crippen MR) is 77.6 cm³/mol. The minimum absolute atomic E-state index is 0.0192. The largest absolute Gasteiger partial charge is 0.339 e. The van der Waals surface area contributed by atoms with Gasteiger partial charge in [0, 0.05) is 13.1 Å². The fourth-order valence-electron chi connectivity index (χ4n) is 2.07. The third-order valence-corrected chi connectivity index (χ3v) is 5.29. The van der Waals surface area contributed by atoms with Crippen molar-refractivity contribution < 1.29 is 13.2 Å². The van der Waals surface area contributed by atoms with E-state index in [1.807, 2.05) is 0 Å². The first-order chi connectivity index (χ1) is 9.23. The molecule has 1 saturated carbocycles. The molecule has 1 fully saturated rings. The molecule has 8 heteroatoms. The Morgan fingerprint density at radius 3 is 2.40 bits per heavy atom. The minimum atomic E-state index is -4.01. The van der Waals surface area contributed by atoms with Crippen molar-refractivity contribution >= 4 is 39.1 Å². The van der Waals surface area contributed by atoms with E-state index in [0.29, 0.717) is 0 Å². The van der Waals surface area contributed by atoms with E-state index in [1.54, 1.807) is 11.9 Å². The number of halogens is 2. The molecule has 5 nitrogen and oxygen atoms in total. The first-order valence-corrected chi connectivity index (χ1v) is 8.31. The number of hydrogen-bond acceptors (Lipinski definition) is 3. The first-order valence-electron chi connectivity index (χ1n) is 6.01. The third kappa shape index (κ3) is 2.79. The molecule has 0 saturated heterocycles. The molecule has 2 N–H and O–H groups in total. The summed E-state index contributed by atoms with van der Waals surface area (Å²) in [6.45, 7) is 0. The van der Waals surface area contributed by atoms with Gasteiger partial charge >= 0.3 is 0 Å². The standard InChI is InChI=1S/C12H14Cl2N2O3S/c1-16(7-3-2-4-7)12(17)10-8(13)5-6-9(11(10)14)20(15,18)19/h5-7H,2-4H2,1H3,(H2,15,18,19). The summed E-state index contributed by atoms with van der Waals surface area (Å²) in [4.78, 5) is 13.7. The maximum Gasteiger partial charge on any atom is 0.256 e. The van der Waals surface area contributed by atoms with Gasteiger partial charge in [0.1, 0.15) is 4.90 Å². The lowest BCUT2D eigenvalue weighted by molar-refractivity contribution is 0.0652. The molecule has 1 aromatic carbocycles. The Balaban J connectivity index is 2.47. The van der Waals surface area contributed by atoms with Crippen LogP contribution in [0.1, 0.15) is 29.6 Å². The Bertz CT molecular complexity index is 657. The summed E-state index contributed by atoms with van der Waals surface area (Å²) in [6, 6.07) is 2.66. The number of carbonyl (C=O) groups is 1. The number of amides is 1. The van der Waals surface area contributed by atoms with E-state index in [9.17, 15) is 13.2 Å². The number of nitrogens with zero attached hydrogens (tertiary/aromatic N) is 1. The zero-order valence-corrected chi connectivity index (χ0v) is 13.1. The maximum atomic E-state index is 12.4. The van der Waals surface area contributed by atoms with Gasteiger partial charge in [-0.15, -0.1) is 0 Å². The quantitative estimate of drug-likeness (QED) is 0.919. The molecule has 0 heterocycles. The summed E-state index contributed by atoms with van der Waals surface area (Å²) in [6.07, 6.45) is 2.92. The van der Waals surface area contributed by atoms with Crippen LogP contribution in [0.5, 0.6) is 0 Å². The molecule has 1 amide bonds. The van der Waals surface area contributed by atoms with Crippen molar-refractivity contribution in [3.8, 4) is 0 Å². The van der Waals surface area contributed by atoms with Crippen LogP contribution in [0.2, 0.25) is 10.0 Å². The number of benzene rings is 1. The molecule has 0 unspecified atom stereocenters. The smallest absolute Gasteiger partial charge is 0.256 e. The number of carbonyl (C=O) groups excluding carboxylic acids is 1. The summed E-state index contributed by atoms with van der Waals surface area (Å²) in [5.41, 5.74) is -0.0192. The second kappa shape index (κ2) is 5.52. The number of hydrogen-bond donors (Lipinski definition) is 1. The fourth-order valence-corrected chi connectivity index (χ4v) is 3.53. The summed E-state index contributed by atoms with van der Waals surface area (Å²) >= 11 is 12.0. The molecule has 0 bridgehead atoms. The van der Waals surface area contributed by atoms with Crippen molar-refractivity contribution in [1.82, 2.24) is 4.90 Å². The van der Waals surface area contributed by atoms with E-state index in [0.717, 1.165) is 19.3 Å². The van der Waals surface area contributed by atoms with Gasteiger partial charge in [0.25, 0.3) is 5.91 Å². The third-order valence-electron chi connectivity index (χ3n) is 3.52. The summed E-state index contributed by atoms with van der Waals surface area (Å²) in [5.74, 6) is -0.393. The molecule has 0 radical (unpaired) electrons. The highest BCUT2D eigenvalue weighted by molar-refractivity contribution is 7.89. The van der Waals surface area contributed by atoms with Gasteiger partial charge in [-0.1, -0.05) is 23.2 Å². The number of nitrogens with two attached hydrogens (primary N) is 1. The Morgan fingerprint density at radius 2 is 1.95 bits per heavy atom. The van der Waals surface area contributed by atoms with Gasteiger partial charge in [0.15, 0.2) is 0 Å². The molecule has 0 aromatic heterocycles. The predicted octanol–water partition coefficient (Wildman–Crippen LogP) is 2.27. The van der Waals surface area contributed by atoms with Gasteiger partial charge in [0.05, 0.1) is 15.6 Å². The molecular formula is C12H14Cl2N2O3S. The highest BCUT2D eigenvalue weighted by atomic mass is 35.5. The maximum absolute atomic E-state index is 12.4. The van der Waals surface area contributed by atoms with Crippen LogP contribution in [0.3, 0.4) is 0 Å². The van der Waals surface area contributed by atoms with Crippen LogP contribution in [-0.4, -0.2) is 32.3 Å². The lowest BCUT2D eigenvalue weighted by atomic mass is 9.91. The average molecular weight is 337 g/mol. The molecular weight excluding hydrogens is 323 g/mol. The summed E-state index contributed by atoms with van der Waals surface area (Å²) in [7, 11) is -2.35. The summed E-state index contributed by atoms with van der Waals surface area (Å²) < 4.78 is 22.9. The van der Waals surface area contributed by atoms with Gasteiger partial charge in [-0.05, 0) is 31.4 Å². The van der Waals surface area contributed by atoms with Crippen LogP contribution in [0.25, 0.3) is 0 Å². The molecule has 1 aliphatic carbocycles. The van der Waals surface area contributed by atoms with Crippen molar-refractivity contribution in [1.29, 1.82) is 0 Å². The highest BCUT2D eigenvalue weighted by Gasteiger charge is 2.30. The van der Waals surface area contributed by atoms with Crippen molar-refractivity contribution in [3.63, 3.8) is 0 Å². The lowest BCUT2D eigenvalue weighted by Crippen LogP contribution is -2.41. The van der Waals surface area contributed by atoms with E-state index >= 15 is 0 Å². The Kier molecular flexibility index (Phi) is 4.30. The average Bonchev–Trinajstić information content (AvgIpc) is 2.24. The lowest BCUT2D eigenvalue weighted by Gasteiger charge is -2.35. The van der Waals surface area contributed by atoms with Crippen LogP contribution in [0, 0.1) is 0 Å². The van der Waals surface area contributed by atoms with Crippen LogP contribution in [0.4, 0.5) is 0 Å². The van der Waals surface area contributed by atoms with Crippen molar-refractivity contribution in [2.24, 2.45) is 5.14 Å². The van der Waals surface area contributed by atoms with Crippen molar-refractivity contribution in [2.75, 3.05) is 7.05 Å². The zero-order chi connectivity index (χ0) is 15.1. The van der Waals surface area contributed by atoms with Crippen molar-refractivity contribution in [2.45, 2.75) is 30.2 Å². The van der Waals surface area contributed by atoms with E-state index in [-0.39, 0.29) is 26.5 Å². The number of sulfonamides is 1. The van der Waals surface area contributed by atoms with Gasteiger partial charge in [-0.25, -0.2) is 13.6 Å². The molecule has 0 spiro atoms. The van der Waals surface area contributed by atoms with Crippen LogP contribution in [-0.2, 0) is 10.0 Å². The van der Waals surface area contributed by atoms with Crippen molar-refractivity contribution in [3.05, 3.63) is 27.7 Å². The van der Waals surface area contributed by atoms with Gasteiger partial charge in [-0.2, -0.15) is 0 Å². The normalized spacial score (nSPS) is 15.8. The summed E-state index contributed by atoms with van der Waals surface area (Å²) in [5, 5.41) is 4.95. The highest BCUT2D eigenvalue weighted by Crippen LogP contribution is 2.33. The zero-order valence-electron chi connectivity index (χ0n) is 10.8. The minimum Gasteiger partial charge on any atom is -0.339 e. The first kappa shape index (κ1) is 15.6. The van der Waals surface area contributed by atoms with Crippen LogP contribution in [0.15, 0.2) is 17.0 Å². The van der Waals surface area contributed by atoms with Gasteiger partial charge in [-0.3, -0.25) is 4.79 Å². The topological polar surface area (TPSA) is 80.5 Å². The monoisotopic (exact) mass is 336 g/mol. The molecule has 20 heavy (non-hydrogen) atoms. The van der Waals surface area contributed by atoms with E-state index in [2.05, 4.69) is 0 Å². The molecule has 0 atom stereocenters. The molecule has 1 aliphatic rings. The van der Waals surface area contributed by atoms with E-state index < -0.39 is 15.9 Å². The molecule has 1 aromatic rings. The van der Waals surface area contributed by atoms with Crippen LogP contribution < -0.4 is 5.14 Å². The van der Waals surface area contributed by atoms with Gasteiger partial charge in [0.2, 0.25) is 10.0 Å².